The Balaban J connectivity index is 1.60. The molecule has 8 heteroatoms. The third-order valence-corrected chi connectivity index (χ3v) is 4.94. The minimum Gasteiger partial charge on any atom is -0.486 e. The summed E-state index contributed by atoms with van der Waals surface area (Å²) in [6.07, 6.45) is 3.47. The minimum absolute atomic E-state index is 0.139. The van der Waals surface area contributed by atoms with E-state index in [0.717, 1.165) is 11.3 Å². The van der Waals surface area contributed by atoms with Gasteiger partial charge in [0.1, 0.15) is 13.2 Å². The normalized spacial score (nSPS) is 13.8. The molecular weight excluding hydrogens is 358 g/mol. The summed E-state index contributed by atoms with van der Waals surface area (Å²) in [6.45, 7) is 4.82. The van der Waals surface area contributed by atoms with Crippen LogP contribution in [0.1, 0.15) is 34.7 Å². The van der Waals surface area contributed by atoms with Gasteiger partial charge in [-0.05, 0) is 37.6 Å². The first kappa shape index (κ1) is 18.0. The molecule has 1 aliphatic rings. The van der Waals surface area contributed by atoms with Gasteiger partial charge in [0, 0.05) is 25.5 Å². The van der Waals surface area contributed by atoms with Gasteiger partial charge in [0.15, 0.2) is 17.2 Å². The van der Waals surface area contributed by atoms with E-state index in [1.54, 1.807) is 29.0 Å². The number of benzene rings is 1. The number of carbonyl (C=O) groups excluding carboxylic acids is 1. The average Bonchev–Trinajstić information content (AvgIpc) is 3.13. The van der Waals surface area contributed by atoms with E-state index in [-0.39, 0.29) is 11.9 Å². The highest BCUT2D eigenvalue weighted by Crippen LogP contribution is 2.32. The molecule has 0 spiro atoms. The van der Waals surface area contributed by atoms with Crippen LogP contribution < -0.4 is 9.47 Å². The van der Waals surface area contributed by atoms with Gasteiger partial charge < -0.3 is 14.4 Å². The second-order valence-electron chi connectivity index (χ2n) is 6.64. The molecule has 0 bridgehead atoms. The quantitative estimate of drug-likeness (QED) is 0.693. The summed E-state index contributed by atoms with van der Waals surface area (Å²) in [5, 5.41) is 8.32. The minimum atomic E-state index is -0.197. The van der Waals surface area contributed by atoms with Crippen LogP contribution in [0, 0.1) is 6.92 Å². The highest BCUT2D eigenvalue weighted by atomic mass is 16.6. The second-order valence-corrected chi connectivity index (χ2v) is 6.64. The summed E-state index contributed by atoms with van der Waals surface area (Å²) < 4.78 is 12.8. The molecule has 0 aliphatic carbocycles. The topological polar surface area (TPSA) is 82.4 Å². The summed E-state index contributed by atoms with van der Waals surface area (Å²) in [5.41, 5.74) is 2.69. The van der Waals surface area contributed by atoms with Crippen molar-refractivity contribution in [1.29, 1.82) is 0 Å². The predicted molar refractivity (Wildman–Crippen MR) is 102 cm³/mol. The van der Waals surface area contributed by atoms with Gasteiger partial charge in [-0.2, -0.15) is 0 Å². The lowest BCUT2D eigenvalue weighted by molar-refractivity contribution is 0.0735. The van der Waals surface area contributed by atoms with E-state index in [1.165, 1.54) is 0 Å². The maximum atomic E-state index is 13.0. The number of pyridine rings is 1. The first-order valence-electron chi connectivity index (χ1n) is 9.05. The molecule has 2 aromatic heterocycles. The van der Waals surface area contributed by atoms with Crippen molar-refractivity contribution in [2.45, 2.75) is 19.9 Å². The van der Waals surface area contributed by atoms with Crippen LogP contribution in [0.5, 0.6) is 11.5 Å². The molecule has 144 valence electrons. The molecule has 1 amide bonds. The molecule has 1 atom stereocenters. The zero-order valence-electron chi connectivity index (χ0n) is 16.0. The van der Waals surface area contributed by atoms with Crippen molar-refractivity contribution < 1.29 is 14.3 Å². The molecule has 8 nitrogen and oxygen atoms in total. The Labute approximate surface area is 162 Å². The van der Waals surface area contributed by atoms with E-state index < -0.39 is 0 Å². The van der Waals surface area contributed by atoms with E-state index in [4.69, 9.17) is 9.47 Å². The lowest BCUT2D eigenvalue weighted by Gasteiger charge is -2.24. The van der Waals surface area contributed by atoms with Gasteiger partial charge in [0.05, 0.1) is 17.4 Å². The van der Waals surface area contributed by atoms with Crippen LogP contribution in [0.15, 0.2) is 42.7 Å². The maximum Gasteiger partial charge on any atom is 0.276 e. The Kier molecular flexibility index (Phi) is 4.68. The van der Waals surface area contributed by atoms with E-state index in [2.05, 4.69) is 15.3 Å². The van der Waals surface area contributed by atoms with Crippen LogP contribution in [0.3, 0.4) is 0 Å². The Bertz CT molecular complexity index is 1000. The van der Waals surface area contributed by atoms with Crippen LogP contribution >= 0.6 is 0 Å². The van der Waals surface area contributed by atoms with Crippen molar-refractivity contribution in [3.63, 3.8) is 0 Å². The highest BCUT2D eigenvalue weighted by Gasteiger charge is 2.25. The molecule has 4 rings (SSSR count). The number of carbonyl (C=O) groups is 1. The van der Waals surface area contributed by atoms with E-state index >= 15 is 0 Å². The van der Waals surface area contributed by atoms with Gasteiger partial charge in [-0.3, -0.25) is 9.78 Å². The molecule has 0 fully saturated rings. The molecule has 0 saturated heterocycles. The van der Waals surface area contributed by atoms with E-state index in [1.807, 2.05) is 44.2 Å². The molecule has 0 N–H and O–H groups in total. The first-order valence-corrected chi connectivity index (χ1v) is 9.05. The summed E-state index contributed by atoms with van der Waals surface area (Å²) in [7, 11) is 1.75. The van der Waals surface area contributed by atoms with Crippen molar-refractivity contribution in [3.8, 4) is 17.2 Å². The van der Waals surface area contributed by atoms with Crippen molar-refractivity contribution >= 4 is 5.91 Å². The summed E-state index contributed by atoms with van der Waals surface area (Å²) >= 11 is 0. The van der Waals surface area contributed by atoms with Gasteiger partial charge in [-0.1, -0.05) is 11.3 Å². The zero-order chi connectivity index (χ0) is 19.7. The lowest BCUT2D eigenvalue weighted by atomic mass is 10.1. The molecule has 3 heterocycles. The fraction of sp³-hybridized carbons (Fsp3) is 0.300. The van der Waals surface area contributed by atoms with Gasteiger partial charge >= 0.3 is 0 Å². The number of nitrogens with zero attached hydrogens (tertiary/aromatic N) is 5. The highest BCUT2D eigenvalue weighted by molar-refractivity contribution is 5.93. The number of aromatic nitrogens is 4. The number of hydrogen-bond acceptors (Lipinski definition) is 6. The third-order valence-electron chi connectivity index (χ3n) is 4.94. The fourth-order valence-corrected chi connectivity index (χ4v) is 3.13. The van der Waals surface area contributed by atoms with Crippen LogP contribution in [0.2, 0.25) is 0 Å². The Morgan fingerprint density at radius 2 is 2.00 bits per heavy atom. The predicted octanol–water partition coefficient (Wildman–Crippen LogP) is 2.58. The van der Waals surface area contributed by atoms with Gasteiger partial charge in [0.2, 0.25) is 0 Å². The largest absolute Gasteiger partial charge is 0.486 e. The first-order chi connectivity index (χ1) is 13.6. The molecule has 28 heavy (non-hydrogen) atoms. The number of amides is 1. The van der Waals surface area contributed by atoms with Crippen molar-refractivity contribution in [2.75, 3.05) is 20.3 Å². The van der Waals surface area contributed by atoms with E-state index in [0.29, 0.717) is 36.1 Å². The van der Waals surface area contributed by atoms with Crippen LogP contribution in [0.25, 0.3) is 5.69 Å². The van der Waals surface area contributed by atoms with Gasteiger partial charge in [0.25, 0.3) is 5.91 Å². The maximum absolute atomic E-state index is 13.0. The number of rotatable bonds is 4. The Morgan fingerprint density at radius 3 is 2.75 bits per heavy atom. The lowest BCUT2D eigenvalue weighted by Crippen LogP contribution is -2.30. The van der Waals surface area contributed by atoms with Crippen LogP contribution in [-0.2, 0) is 0 Å². The van der Waals surface area contributed by atoms with Crippen LogP contribution in [-0.4, -0.2) is 51.0 Å². The second kappa shape index (κ2) is 7.30. The Hall–Kier alpha value is -3.42. The number of hydrogen-bond donors (Lipinski definition) is 0. The van der Waals surface area contributed by atoms with Gasteiger partial charge in [-0.15, -0.1) is 5.10 Å². The molecule has 1 unspecified atom stereocenters. The SMILES string of the molecule is Cc1c(C(=O)N(C)C(C)c2cccnc2)nnn1-c1ccc2c(c1)OCCO2. The van der Waals surface area contributed by atoms with Crippen molar-refractivity contribution in [2.24, 2.45) is 0 Å². The van der Waals surface area contributed by atoms with Crippen molar-refractivity contribution in [3.05, 3.63) is 59.7 Å². The molecule has 3 aromatic rings. The Morgan fingerprint density at radius 1 is 1.21 bits per heavy atom. The van der Waals surface area contributed by atoms with E-state index in [9.17, 15) is 4.79 Å². The van der Waals surface area contributed by atoms with Crippen LogP contribution in [0.4, 0.5) is 0 Å². The molecule has 0 radical (unpaired) electrons. The molecule has 0 saturated carbocycles. The third kappa shape index (κ3) is 3.17. The molecular formula is C20H21N5O3. The summed E-state index contributed by atoms with van der Waals surface area (Å²) in [6, 6.07) is 9.20. The number of fused-ring (bicyclic) bond motifs is 1. The van der Waals surface area contributed by atoms with Crippen molar-refractivity contribution in [1.82, 2.24) is 24.9 Å². The summed E-state index contributed by atoms with van der Waals surface area (Å²) in [5.74, 6) is 1.17. The average molecular weight is 379 g/mol. The standard InChI is InChI=1S/C20H21N5O3/c1-13(15-5-4-8-21-12-15)24(3)20(26)19-14(2)25(23-22-19)16-6-7-17-18(11-16)28-10-9-27-17/h4-8,11-13H,9-10H2,1-3H3. The smallest absolute Gasteiger partial charge is 0.276 e. The number of ether oxygens (including phenoxy) is 2. The fourth-order valence-electron chi connectivity index (χ4n) is 3.13. The van der Waals surface area contributed by atoms with Gasteiger partial charge in [-0.25, -0.2) is 4.68 Å². The summed E-state index contributed by atoms with van der Waals surface area (Å²) in [4.78, 5) is 18.8. The monoisotopic (exact) mass is 379 g/mol. The molecule has 1 aromatic carbocycles. The molecule has 1 aliphatic heterocycles. The zero-order valence-corrected chi connectivity index (χ0v) is 16.0.